The molecular formula is C10H17NO4. The predicted octanol–water partition coefficient (Wildman–Crippen LogP) is -0.0157. The molecule has 0 aromatic carbocycles. The smallest absolute Gasteiger partial charge is 0.307 e. The summed E-state index contributed by atoms with van der Waals surface area (Å²) in [6, 6.07) is -0.0439. The van der Waals surface area contributed by atoms with Crippen LogP contribution in [0.25, 0.3) is 0 Å². The monoisotopic (exact) mass is 215 g/mol. The molecule has 3 N–H and O–H groups in total. The van der Waals surface area contributed by atoms with E-state index in [1.54, 1.807) is 0 Å². The number of amides is 1. The fourth-order valence-electron chi connectivity index (χ4n) is 1.60. The summed E-state index contributed by atoms with van der Waals surface area (Å²) in [6.45, 7) is 1.95. The molecule has 1 fully saturated rings. The van der Waals surface area contributed by atoms with Crippen molar-refractivity contribution >= 4 is 11.9 Å². The van der Waals surface area contributed by atoms with Gasteiger partial charge in [0.15, 0.2) is 0 Å². The minimum atomic E-state index is -0.898. The van der Waals surface area contributed by atoms with E-state index in [2.05, 4.69) is 5.32 Å². The Bertz CT molecular complexity index is 254. The second-order valence-electron chi connectivity index (χ2n) is 3.91. The Hall–Kier alpha value is -1.10. The van der Waals surface area contributed by atoms with Crippen LogP contribution in [0.4, 0.5) is 0 Å². The number of rotatable bonds is 6. The predicted molar refractivity (Wildman–Crippen MR) is 53.2 cm³/mol. The van der Waals surface area contributed by atoms with Gasteiger partial charge < -0.3 is 15.5 Å². The lowest BCUT2D eigenvalue weighted by Crippen LogP contribution is -2.36. The van der Waals surface area contributed by atoms with Gasteiger partial charge in [-0.25, -0.2) is 0 Å². The summed E-state index contributed by atoms with van der Waals surface area (Å²) in [5.41, 5.74) is 0. The maximum absolute atomic E-state index is 11.5. The minimum absolute atomic E-state index is 0.0335. The van der Waals surface area contributed by atoms with E-state index in [1.807, 2.05) is 6.92 Å². The van der Waals surface area contributed by atoms with E-state index in [4.69, 9.17) is 10.2 Å². The van der Waals surface area contributed by atoms with Crippen molar-refractivity contribution in [3.05, 3.63) is 0 Å². The first-order valence-corrected chi connectivity index (χ1v) is 5.24. The number of hydrogen-bond donors (Lipinski definition) is 3. The molecule has 5 nitrogen and oxygen atoms in total. The van der Waals surface area contributed by atoms with Crippen LogP contribution in [0, 0.1) is 11.8 Å². The quantitative estimate of drug-likeness (QED) is 0.581. The molecule has 1 unspecified atom stereocenters. The largest absolute Gasteiger partial charge is 0.481 e. The van der Waals surface area contributed by atoms with Crippen molar-refractivity contribution in [2.24, 2.45) is 11.8 Å². The number of carboxylic acids is 1. The van der Waals surface area contributed by atoms with Crippen LogP contribution in [0.15, 0.2) is 0 Å². The summed E-state index contributed by atoms with van der Waals surface area (Å²) in [5, 5.41) is 20.1. The highest BCUT2D eigenvalue weighted by Crippen LogP contribution is 2.38. The molecule has 1 rings (SSSR count). The number of hydrogen-bond acceptors (Lipinski definition) is 3. The van der Waals surface area contributed by atoms with Gasteiger partial charge in [0.1, 0.15) is 0 Å². The van der Waals surface area contributed by atoms with Gasteiger partial charge in [0.25, 0.3) is 0 Å². The summed E-state index contributed by atoms with van der Waals surface area (Å²) < 4.78 is 0. The minimum Gasteiger partial charge on any atom is -0.481 e. The van der Waals surface area contributed by atoms with Crippen LogP contribution in [0.2, 0.25) is 0 Å². The Morgan fingerprint density at radius 2 is 2.13 bits per heavy atom. The molecule has 15 heavy (non-hydrogen) atoms. The zero-order valence-electron chi connectivity index (χ0n) is 8.77. The highest BCUT2D eigenvalue weighted by atomic mass is 16.4. The van der Waals surface area contributed by atoms with E-state index in [0.717, 1.165) is 6.42 Å². The van der Waals surface area contributed by atoms with Crippen LogP contribution in [0.1, 0.15) is 26.2 Å². The lowest BCUT2D eigenvalue weighted by atomic mass is 10.1. The zero-order chi connectivity index (χ0) is 11.4. The van der Waals surface area contributed by atoms with E-state index >= 15 is 0 Å². The number of carboxylic acid groups (broad SMARTS) is 1. The first kappa shape index (κ1) is 12.0. The number of aliphatic hydroxyl groups excluding tert-OH is 1. The van der Waals surface area contributed by atoms with Crippen LogP contribution >= 0.6 is 0 Å². The van der Waals surface area contributed by atoms with E-state index in [-0.39, 0.29) is 24.5 Å². The maximum atomic E-state index is 11.5. The zero-order valence-corrected chi connectivity index (χ0v) is 8.77. The number of aliphatic hydroxyl groups is 1. The topological polar surface area (TPSA) is 86.6 Å². The molecule has 3 atom stereocenters. The summed E-state index contributed by atoms with van der Waals surface area (Å²) >= 11 is 0. The number of aliphatic carboxylic acids is 1. The van der Waals surface area contributed by atoms with Crippen molar-refractivity contribution < 1.29 is 19.8 Å². The average Bonchev–Trinajstić information content (AvgIpc) is 2.96. The van der Waals surface area contributed by atoms with Gasteiger partial charge in [-0.1, -0.05) is 6.92 Å². The molecule has 0 aromatic rings. The molecule has 0 bridgehead atoms. The molecule has 0 spiro atoms. The van der Waals surface area contributed by atoms with Gasteiger partial charge in [-0.05, 0) is 19.3 Å². The van der Waals surface area contributed by atoms with Crippen LogP contribution in [-0.2, 0) is 9.59 Å². The van der Waals surface area contributed by atoms with Crippen LogP contribution in [-0.4, -0.2) is 34.7 Å². The normalized spacial score (nSPS) is 25.7. The summed E-state index contributed by atoms with van der Waals surface area (Å²) in [4.78, 5) is 22.0. The van der Waals surface area contributed by atoms with Crippen molar-refractivity contribution in [1.82, 2.24) is 5.32 Å². The molecular weight excluding hydrogens is 198 g/mol. The average molecular weight is 215 g/mol. The Balaban J connectivity index is 2.33. The van der Waals surface area contributed by atoms with Crippen LogP contribution in [0.5, 0.6) is 0 Å². The van der Waals surface area contributed by atoms with Crippen LogP contribution in [0.3, 0.4) is 0 Å². The molecule has 0 saturated heterocycles. The Labute approximate surface area is 88.5 Å². The lowest BCUT2D eigenvalue weighted by molar-refractivity contribution is -0.140. The summed E-state index contributed by atoms with van der Waals surface area (Å²) in [7, 11) is 0. The molecule has 0 heterocycles. The van der Waals surface area contributed by atoms with Crippen molar-refractivity contribution in [3.63, 3.8) is 0 Å². The molecule has 0 aliphatic heterocycles. The Morgan fingerprint density at radius 3 is 2.53 bits per heavy atom. The molecule has 1 saturated carbocycles. The SMILES string of the molecule is CCC(CCO)NC(=O)[C@@H]1C[C@@H]1C(=O)O. The van der Waals surface area contributed by atoms with Gasteiger partial charge in [-0.3, -0.25) is 9.59 Å². The lowest BCUT2D eigenvalue weighted by Gasteiger charge is -2.15. The third-order valence-electron chi connectivity index (χ3n) is 2.76. The van der Waals surface area contributed by atoms with Gasteiger partial charge in [0, 0.05) is 12.6 Å². The van der Waals surface area contributed by atoms with Gasteiger partial charge in [0.05, 0.1) is 11.8 Å². The van der Waals surface area contributed by atoms with Crippen molar-refractivity contribution in [2.45, 2.75) is 32.2 Å². The summed E-state index contributed by atoms with van der Waals surface area (Å²) in [6.07, 6.45) is 1.71. The van der Waals surface area contributed by atoms with Gasteiger partial charge in [-0.2, -0.15) is 0 Å². The Kier molecular flexibility index (Phi) is 4.08. The first-order valence-electron chi connectivity index (χ1n) is 5.24. The van der Waals surface area contributed by atoms with Crippen molar-refractivity contribution in [3.8, 4) is 0 Å². The molecule has 1 amide bonds. The number of nitrogens with one attached hydrogen (secondary N) is 1. The van der Waals surface area contributed by atoms with E-state index in [1.165, 1.54) is 0 Å². The van der Waals surface area contributed by atoms with Crippen molar-refractivity contribution in [2.75, 3.05) is 6.61 Å². The maximum Gasteiger partial charge on any atom is 0.307 e. The highest BCUT2D eigenvalue weighted by Gasteiger charge is 2.48. The molecule has 0 radical (unpaired) electrons. The first-order chi connectivity index (χ1) is 7.10. The molecule has 0 aromatic heterocycles. The molecule has 1 aliphatic rings. The van der Waals surface area contributed by atoms with E-state index in [9.17, 15) is 9.59 Å². The Morgan fingerprint density at radius 1 is 1.47 bits per heavy atom. The van der Waals surface area contributed by atoms with Crippen molar-refractivity contribution in [1.29, 1.82) is 0 Å². The summed E-state index contributed by atoms with van der Waals surface area (Å²) in [5.74, 6) is -1.96. The second kappa shape index (κ2) is 5.11. The third-order valence-corrected chi connectivity index (χ3v) is 2.76. The van der Waals surface area contributed by atoms with E-state index in [0.29, 0.717) is 12.8 Å². The van der Waals surface area contributed by atoms with Gasteiger partial charge in [0.2, 0.25) is 5.91 Å². The third kappa shape index (κ3) is 3.20. The number of carbonyl (C=O) groups is 2. The van der Waals surface area contributed by atoms with Crippen LogP contribution < -0.4 is 5.32 Å². The molecule has 5 heteroatoms. The molecule has 1 aliphatic carbocycles. The van der Waals surface area contributed by atoms with Gasteiger partial charge >= 0.3 is 5.97 Å². The fourth-order valence-corrected chi connectivity index (χ4v) is 1.60. The number of carbonyl (C=O) groups excluding carboxylic acids is 1. The highest BCUT2D eigenvalue weighted by molar-refractivity contribution is 5.89. The fraction of sp³-hybridized carbons (Fsp3) is 0.800. The van der Waals surface area contributed by atoms with Gasteiger partial charge in [-0.15, -0.1) is 0 Å². The second-order valence-corrected chi connectivity index (χ2v) is 3.91. The van der Waals surface area contributed by atoms with E-state index < -0.39 is 11.9 Å². The molecule has 86 valence electrons. The standard InChI is InChI=1S/C10H17NO4/c1-2-6(3-4-12)11-9(13)7-5-8(7)10(14)15/h6-8,12H,2-5H2,1H3,(H,11,13)(H,14,15)/t6?,7-,8+/m1/s1.